The molecule has 0 bridgehead atoms. The Morgan fingerprint density at radius 3 is 1.11 bits per heavy atom. The predicted octanol–water partition coefficient (Wildman–Crippen LogP) is 31.2. The molecule has 0 spiro atoms. The van der Waals surface area contributed by atoms with Crippen molar-refractivity contribution in [2.45, 2.75) is 0 Å². The van der Waals surface area contributed by atoms with Crippen LogP contribution in [0.2, 0.25) is 0 Å². The minimum Gasteiger partial charge on any atom is -0.456 e. The summed E-state index contributed by atoms with van der Waals surface area (Å²) >= 11 is 0. The Bertz CT molecular complexity index is 9940. The van der Waals surface area contributed by atoms with E-state index in [-0.39, 0.29) is 0 Å². The number of rotatable bonds is 12. The Labute approximate surface area is 814 Å². The van der Waals surface area contributed by atoms with Crippen LogP contribution < -0.4 is 20.7 Å². The fourth-order valence-corrected chi connectivity index (χ4v) is 26.5. The smallest absolute Gasteiger partial charge is 0.188 e. The number of nitriles is 3. The second-order valence-corrected chi connectivity index (χ2v) is 39.8. The zero-order chi connectivity index (χ0) is 94.6. The Hall–Kier alpha value is -19.7. The van der Waals surface area contributed by atoms with E-state index in [1.807, 2.05) is 91.1 Å². The normalized spacial score (nSPS) is 11.6. The Morgan fingerprint density at radius 1 is 0.232 bits per heavy atom. The Balaban J connectivity index is 0.000000110. The van der Waals surface area contributed by atoms with E-state index in [0.717, 1.165) is 193 Å². The molecule has 28 rings (SSSR count). The van der Waals surface area contributed by atoms with Crippen LogP contribution in [0.5, 0.6) is 0 Å². The second kappa shape index (κ2) is 34.0. The van der Waals surface area contributed by atoms with Crippen molar-refractivity contribution in [3.63, 3.8) is 0 Å². The molecule has 0 amide bonds. The van der Waals surface area contributed by atoms with Crippen molar-refractivity contribution in [1.29, 1.82) is 15.8 Å². The summed E-state index contributed by atoms with van der Waals surface area (Å²) in [5.74, 6) is 0. The summed E-state index contributed by atoms with van der Waals surface area (Å²) in [5, 5.41) is 49.3. The number of para-hydroxylation sites is 7. The molecule has 8 heterocycles. The molecule has 0 radical (unpaired) electrons. The third-order valence-corrected chi connectivity index (χ3v) is 32.8. The van der Waals surface area contributed by atoms with E-state index < -0.39 is 8.07 Å². The zero-order valence-electron chi connectivity index (χ0n) is 76.1. The number of aromatic nitrogens is 4. The highest BCUT2D eigenvalue weighted by Crippen LogP contribution is 2.47. The van der Waals surface area contributed by atoms with Crippen LogP contribution in [0.3, 0.4) is 0 Å². The van der Waals surface area contributed by atoms with Gasteiger partial charge in [-0.3, -0.25) is 4.98 Å². The van der Waals surface area contributed by atoms with E-state index in [1.54, 1.807) is 18.3 Å². The molecule has 0 N–H and O–H groups in total. The lowest BCUT2D eigenvalue weighted by molar-refractivity contribution is 0.668. The van der Waals surface area contributed by atoms with Crippen LogP contribution in [-0.4, -0.2) is 26.8 Å². The first-order chi connectivity index (χ1) is 70.2. The quantitative estimate of drug-likeness (QED) is 0.0665. The Kier molecular flexibility index (Phi) is 19.9. The van der Waals surface area contributed by atoms with Crippen molar-refractivity contribution in [3.05, 3.63) is 489 Å². The van der Waals surface area contributed by atoms with Gasteiger partial charge in [0.2, 0.25) is 0 Å². The zero-order valence-corrected chi connectivity index (χ0v) is 77.1. The molecule has 0 aliphatic carbocycles. The minimum absolute atomic E-state index is 0.584. The number of benzene rings is 20. The first-order valence-corrected chi connectivity index (χ1v) is 49.1. The summed E-state index contributed by atoms with van der Waals surface area (Å²) in [6.07, 6.45) is 3.65. The summed E-state index contributed by atoms with van der Waals surface area (Å²) in [5.41, 5.74) is 29.6. The summed E-state index contributed by atoms with van der Waals surface area (Å²) in [6, 6.07) is 163. The van der Waals surface area contributed by atoms with Crippen molar-refractivity contribution in [2.75, 3.05) is 0 Å². The van der Waals surface area contributed by atoms with Gasteiger partial charge in [0, 0.05) is 122 Å². The lowest BCUT2D eigenvalue weighted by atomic mass is 9.92. The van der Waals surface area contributed by atoms with Gasteiger partial charge in [-0.1, -0.05) is 261 Å². The summed E-state index contributed by atoms with van der Waals surface area (Å²) < 4.78 is 32.6. The molecular weight excluding hydrogens is 1750 g/mol. The van der Waals surface area contributed by atoms with E-state index in [2.05, 4.69) is 394 Å². The lowest BCUT2D eigenvalue weighted by Gasteiger charge is -2.34. The average molecular weight is 1830 g/mol. The van der Waals surface area contributed by atoms with E-state index in [4.69, 9.17) is 24.2 Å². The highest BCUT2D eigenvalue weighted by molar-refractivity contribution is 7.20. The van der Waals surface area contributed by atoms with Crippen LogP contribution in [0.15, 0.2) is 479 Å². The Morgan fingerprint density at radius 2 is 0.606 bits per heavy atom. The van der Waals surface area contributed by atoms with Crippen molar-refractivity contribution < 1.29 is 17.7 Å². The van der Waals surface area contributed by atoms with E-state index in [0.29, 0.717) is 22.4 Å². The van der Waals surface area contributed by atoms with Crippen molar-refractivity contribution >= 4 is 188 Å². The van der Waals surface area contributed by atoms with Gasteiger partial charge < -0.3 is 31.4 Å². The van der Waals surface area contributed by atoms with Gasteiger partial charge in [0.1, 0.15) is 44.7 Å². The number of hydrogen-bond acceptors (Lipinski definition) is 8. The van der Waals surface area contributed by atoms with Crippen LogP contribution in [0, 0.1) is 40.6 Å². The van der Waals surface area contributed by atoms with E-state index in [9.17, 15) is 15.8 Å². The molecule has 0 fully saturated rings. The van der Waals surface area contributed by atoms with Gasteiger partial charge in [0.25, 0.3) is 0 Å². The molecule has 13 heteroatoms. The van der Waals surface area contributed by atoms with Crippen LogP contribution in [0.1, 0.15) is 16.7 Å². The van der Waals surface area contributed by atoms with Crippen LogP contribution in [-0.2, 0) is 0 Å². The number of nitrogens with zero attached hydrogens (tertiary/aromatic N) is 8. The predicted molar refractivity (Wildman–Crippen MR) is 580 cm³/mol. The fraction of sp³-hybridized carbons (Fsp3) is 0. The molecule has 8 aromatic heterocycles. The molecular formula is C129H76N8O4Si. The molecule has 0 saturated carbocycles. The maximum absolute atomic E-state index is 10.1. The molecule has 0 aliphatic rings. The largest absolute Gasteiger partial charge is 0.456 e. The monoisotopic (exact) mass is 1830 g/mol. The first-order valence-electron chi connectivity index (χ1n) is 47.1. The van der Waals surface area contributed by atoms with Crippen molar-refractivity contribution in [3.8, 4) is 90.9 Å². The molecule has 0 atom stereocenters. The van der Waals surface area contributed by atoms with Gasteiger partial charge >= 0.3 is 0 Å². The average Bonchev–Trinajstić information content (AvgIpc) is 1.56. The SMILES string of the molecule is N#Cc1ccc2c(c1)c1ccccc1n2-c1cccc(-c2cc(-n3c4ccccc4c4ccccc43)cc3c2oc2ccccc23)c1.N#Cc1cccc([Si](c2ccccc2)(c2ccccc2)c2cccc(-c3cc(-n4c5ccccc5c5ccccc54)cc4c3oc3ccccc34)c2)c1.[C-]#[N+]c1ccc2oc3ccc(-c4cc(-c5cccnc5)cc(-c5ccc6oc7ccc(C#N)cc7c6c5)c4)cc3c2c1. The van der Waals surface area contributed by atoms with Crippen LogP contribution in [0.25, 0.3) is 231 Å². The first kappa shape index (κ1) is 83.0. The highest BCUT2D eigenvalue weighted by Gasteiger charge is 2.42. The third-order valence-electron chi connectivity index (χ3n) is 28.0. The third kappa shape index (κ3) is 13.8. The van der Waals surface area contributed by atoms with E-state index in [1.165, 1.54) is 53.3 Å². The maximum atomic E-state index is 10.1. The van der Waals surface area contributed by atoms with Gasteiger partial charge in [-0.05, 0) is 248 Å². The van der Waals surface area contributed by atoms with Gasteiger partial charge in [-0.15, -0.1) is 0 Å². The van der Waals surface area contributed by atoms with Crippen molar-refractivity contribution in [2.24, 2.45) is 0 Å². The minimum atomic E-state index is -2.94. The van der Waals surface area contributed by atoms with Crippen LogP contribution >= 0.6 is 0 Å². The van der Waals surface area contributed by atoms with Gasteiger partial charge in [0.15, 0.2) is 13.8 Å². The molecule has 0 aliphatic heterocycles. The molecule has 12 nitrogen and oxygen atoms in total. The lowest BCUT2D eigenvalue weighted by Crippen LogP contribution is -2.74. The second-order valence-electron chi connectivity index (χ2n) is 36.0. The topological polar surface area (TPSA) is 156 Å². The molecule has 28 aromatic rings. The van der Waals surface area contributed by atoms with Crippen molar-refractivity contribution in [1.82, 2.24) is 18.7 Å². The number of furan rings is 4. The number of pyridine rings is 1. The van der Waals surface area contributed by atoms with E-state index >= 15 is 0 Å². The van der Waals surface area contributed by atoms with Gasteiger partial charge in [-0.2, -0.15) is 15.8 Å². The fourth-order valence-electron chi connectivity index (χ4n) is 21.7. The maximum Gasteiger partial charge on any atom is 0.188 e. The summed E-state index contributed by atoms with van der Waals surface area (Å²) in [6.45, 7) is 7.44. The highest BCUT2D eigenvalue weighted by atomic mass is 28.3. The summed E-state index contributed by atoms with van der Waals surface area (Å²) in [4.78, 5) is 7.96. The molecule has 0 unspecified atom stereocenters. The molecule has 142 heavy (non-hydrogen) atoms. The molecule has 0 saturated heterocycles. The standard InChI is InChI=1S/C49H32N2OSi.C43H25N3O.C37H19N3O2/c50-33-34-15-13-21-39(29-34)53(37-17-3-1-4-18-37,38-19-5-2-6-20-38)40-22-14-16-35(30-40)44-31-36(32-45-43-25-9-12-28-48(43)52-49(44)45)51-46-26-10-7-23-41(46)42-24-8-11-27-47(42)51;44-26-27-20-21-41-36(22-27)33-14-3-7-18-40(33)45(41)29-11-9-10-28(23-29)35-24-30(25-37-34-15-4-8-19-42(34)47-43(35)37)46-38-16-5-1-12-31(38)32-13-2-6-17-39(32)46;1-39-29-7-11-37-33(19-29)32-18-24(6-10-36(32)42-37)27-14-26(15-28(16-27)25-3-2-12-40-21-25)23-5-9-35-31(17-23)30-13-22(20-38)4-8-34(30)41-35/h1-32H;1-25H;2-19,21H. The van der Waals surface area contributed by atoms with Gasteiger partial charge in [0.05, 0.1) is 74.6 Å². The summed E-state index contributed by atoms with van der Waals surface area (Å²) in [7, 11) is -2.94. The number of hydrogen-bond donors (Lipinski definition) is 0. The molecule has 20 aromatic carbocycles. The van der Waals surface area contributed by atoms with Crippen LogP contribution in [0.4, 0.5) is 5.69 Å². The molecule has 660 valence electrons. The van der Waals surface area contributed by atoms with Gasteiger partial charge in [-0.25, -0.2) is 4.85 Å². The number of fused-ring (bicyclic) bond motifs is 21.